The molecule has 0 aromatic heterocycles. The molecule has 6 heteroatoms. The lowest BCUT2D eigenvalue weighted by Gasteiger charge is -2.34. The Balaban J connectivity index is 1.54. The number of Topliss-reactive ketones (excluding diaryl/α,β-unsaturated/α-hetero) is 1. The van der Waals surface area contributed by atoms with Crippen LogP contribution < -0.4 is 19.7 Å². The molecule has 170 valence electrons. The number of para-hydroxylation sites is 2. The molecule has 34 heavy (non-hydrogen) atoms. The van der Waals surface area contributed by atoms with Crippen LogP contribution in [0.25, 0.3) is 0 Å². The van der Waals surface area contributed by atoms with E-state index in [9.17, 15) is 9.59 Å². The summed E-state index contributed by atoms with van der Waals surface area (Å²) in [6, 6.07) is 22.9. The lowest BCUT2D eigenvalue weighted by Crippen LogP contribution is -2.37. The quantitative estimate of drug-likeness (QED) is 0.569. The van der Waals surface area contributed by atoms with Gasteiger partial charge in [-0.15, -0.1) is 0 Å². The molecular formula is C28H24N2O4. The largest absolute Gasteiger partial charge is 0.454 e. The van der Waals surface area contributed by atoms with Crippen LogP contribution in [0.15, 0.2) is 84.1 Å². The minimum Gasteiger partial charge on any atom is -0.454 e. The molecule has 2 atom stereocenters. The Morgan fingerprint density at radius 1 is 0.912 bits per heavy atom. The van der Waals surface area contributed by atoms with E-state index in [4.69, 9.17) is 9.47 Å². The first-order chi connectivity index (χ1) is 16.6. The number of allylic oxidation sites excluding steroid dienone is 1. The average molecular weight is 453 g/mol. The first-order valence-corrected chi connectivity index (χ1v) is 11.5. The van der Waals surface area contributed by atoms with Crippen LogP contribution in [0.4, 0.5) is 11.4 Å². The summed E-state index contributed by atoms with van der Waals surface area (Å²) in [4.78, 5) is 28.6. The monoisotopic (exact) mass is 452 g/mol. The zero-order valence-electron chi connectivity index (χ0n) is 18.8. The molecule has 6 nitrogen and oxygen atoms in total. The van der Waals surface area contributed by atoms with E-state index in [1.54, 1.807) is 11.8 Å². The van der Waals surface area contributed by atoms with E-state index in [0.29, 0.717) is 29.9 Å². The van der Waals surface area contributed by atoms with Crippen LogP contribution in [-0.4, -0.2) is 18.5 Å². The second kappa shape index (κ2) is 8.06. The first-order valence-electron chi connectivity index (χ1n) is 11.5. The van der Waals surface area contributed by atoms with Gasteiger partial charge < -0.3 is 14.8 Å². The predicted molar refractivity (Wildman–Crippen MR) is 129 cm³/mol. The standard InChI is InChI=1S/C28H24N2O4/c1-17(31)30-23-10-6-5-9-21(23)29-22-13-20(18-7-3-2-4-8-18)14-24(32)27(22)28(30)19-11-12-25-26(15-19)34-16-33-25/h2-12,15,20,28-29H,13-14,16H2,1H3. The lowest BCUT2D eigenvalue weighted by atomic mass is 9.78. The highest BCUT2D eigenvalue weighted by atomic mass is 16.7. The Morgan fingerprint density at radius 3 is 2.50 bits per heavy atom. The second-order valence-corrected chi connectivity index (χ2v) is 8.88. The van der Waals surface area contributed by atoms with Gasteiger partial charge in [-0.3, -0.25) is 14.5 Å². The smallest absolute Gasteiger partial charge is 0.231 e. The average Bonchev–Trinajstić information content (AvgIpc) is 3.26. The molecule has 0 spiro atoms. The lowest BCUT2D eigenvalue weighted by molar-refractivity contribution is -0.117. The number of carbonyl (C=O) groups excluding carboxylic acids is 2. The zero-order chi connectivity index (χ0) is 23.2. The molecule has 3 aliphatic rings. The van der Waals surface area contributed by atoms with Crippen molar-refractivity contribution in [2.75, 3.05) is 17.0 Å². The molecule has 6 rings (SSSR count). The summed E-state index contributed by atoms with van der Waals surface area (Å²) in [5, 5.41) is 3.54. The molecule has 2 heterocycles. The minimum absolute atomic E-state index is 0.0457. The molecule has 1 aliphatic carbocycles. The van der Waals surface area contributed by atoms with Crippen molar-refractivity contribution < 1.29 is 19.1 Å². The van der Waals surface area contributed by atoms with Gasteiger partial charge in [-0.2, -0.15) is 0 Å². The fraction of sp³-hybridized carbons (Fsp3) is 0.214. The number of fused-ring (bicyclic) bond motifs is 2. The molecule has 1 amide bonds. The molecule has 0 bridgehead atoms. The molecule has 0 saturated carbocycles. The van der Waals surface area contributed by atoms with Crippen molar-refractivity contribution in [2.45, 2.75) is 31.7 Å². The Morgan fingerprint density at radius 2 is 1.68 bits per heavy atom. The maximum Gasteiger partial charge on any atom is 0.231 e. The third-order valence-corrected chi connectivity index (χ3v) is 6.81. The van der Waals surface area contributed by atoms with Gasteiger partial charge in [0.1, 0.15) is 0 Å². The molecule has 1 N–H and O–H groups in total. The number of hydrogen-bond acceptors (Lipinski definition) is 5. The zero-order valence-corrected chi connectivity index (χ0v) is 18.8. The maximum atomic E-state index is 13.8. The minimum atomic E-state index is -0.567. The highest BCUT2D eigenvalue weighted by molar-refractivity contribution is 6.06. The van der Waals surface area contributed by atoms with E-state index >= 15 is 0 Å². The van der Waals surface area contributed by atoms with Crippen LogP contribution in [0.2, 0.25) is 0 Å². The van der Waals surface area contributed by atoms with Gasteiger partial charge in [0.2, 0.25) is 12.7 Å². The van der Waals surface area contributed by atoms with Crippen molar-refractivity contribution in [3.05, 3.63) is 95.2 Å². The van der Waals surface area contributed by atoms with Crippen LogP contribution in [0.1, 0.15) is 42.9 Å². The fourth-order valence-corrected chi connectivity index (χ4v) is 5.30. The highest BCUT2D eigenvalue weighted by Gasteiger charge is 2.41. The van der Waals surface area contributed by atoms with Gasteiger partial charge in [0, 0.05) is 24.6 Å². The van der Waals surface area contributed by atoms with Crippen LogP contribution in [0.5, 0.6) is 11.5 Å². The number of amides is 1. The Bertz CT molecular complexity index is 1330. The summed E-state index contributed by atoms with van der Waals surface area (Å²) in [5.41, 5.74) is 5.02. The Hall–Kier alpha value is -4.06. The molecule has 3 aromatic carbocycles. The SMILES string of the molecule is CC(=O)N1c2ccccc2NC2=C(C(=O)CC(c3ccccc3)C2)C1c1ccc2c(c1)OCO2. The summed E-state index contributed by atoms with van der Waals surface area (Å²) >= 11 is 0. The van der Waals surface area contributed by atoms with Crippen molar-refractivity contribution in [3.8, 4) is 11.5 Å². The third-order valence-electron chi connectivity index (χ3n) is 6.81. The Kier molecular flexibility index (Phi) is 4.87. The van der Waals surface area contributed by atoms with E-state index < -0.39 is 6.04 Å². The van der Waals surface area contributed by atoms with E-state index in [-0.39, 0.29) is 24.4 Å². The molecular weight excluding hydrogens is 428 g/mol. The van der Waals surface area contributed by atoms with Gasteiger partial charge in [0.05, 0.1) is 17.4 Å². The van der Waals surface area contributed by atoms with Gasteiger partial charge in [-0.05, 0) is 47.7 Å². The molecule has 0 fully saturated rings. The normalized spacial score (nSPS) is 20.9. The van der Waals surface area contributed by atoms with Gasteiger partial charge in [-0.25, -0.2) is 0 Å². The van der Waals surface area contributed by atoms with Crippen molar-refractivity contribution in [1.29, 1.82) is 0 Å². The predicted octanol–water partition coefficient (Wildman–Crippen LogP) is 5.34. The molecule has 2 unspecified atom stereocenters. The van der Waals surface area contributed by atoms with Gasteiger partial charge in [0.15, 0.2) is 17.3 Å². The summed E-state index contributed by atoms with van der Waals surface area (Å²) in [7, 11) is 0. The van der Waals surface area contributed by atoms with Crippen LogP contribution in [0, 0.1) is 0 Å². The number of anilines is 2. The summed E-state index contributed by atoms with van der Waals surface area (Å²) < 4.78 is 11.1. The number of nitrogens with zero attached hydrogens (tertiary/aromatic N) is 1. The second-order valence-electron chi connectivity index (χ2n) is 8.88. The van der Waals surface area contributed by atoms with E-state index in [1.807, 2.05) is 60.7 Å². The number of ether oxygens (including phenoxy) is 2. The Labute approximate surface area is 197 Å². The van der Waals surface area contributed by atoms with Gasteiger partial charge >= 0.3 is 0 Å². The van der Waals surface area contributed by atoms with Crippen molar-refractivity contribution in [1.82, 2.24) is 0 Å². The molecule has 0 saturated heterocycles. The number of rotatable bonds is 2. The number of hydrogen-bond donors (Lipinski definition) is 1. The van der Waals surface area contributed by atoms with Crippen LogP contribution in [0.3, 0.4) is 0 Å². The van der Waals surface area contributed by atoms with Crippen LogP contribution in [-0.2, 0) is 9.59 Å². The van der Waals surface area contributed by atoms with E-state index in [2.05, 4.69) is 17.4 Å². The molecule has 3 aromatic rings. The summed E-state index contributed by atoms with van der Waals surface area (Å²) in [6.07, 6.45) is 1.08. The van der Waals surface area contributed by atoms with Crippen molar-refractivity contribution in [3.63, 3.8) is 0 Å². The van der Waals surface area contributed by atoms with Crippen LogP contribution >= 0.6 is 0 Å². The summed E-state index contributed by atoms with van der Waals surface area (Å²) in [5.74, 6) is 1.28. The fourth-order valence-electron chi connectivity index (χ4n) is 5.30. The van der Waals surface area contributed by atoms with Gasteiger partial charge in [0.25, 0.3) is 0 Å². The molecule has 0 radical (unpaired) electrons. The topological polar surface area (TPSA) is 67.9 Å². The first kappa shape index (κ1) is 20.5. The van der Waals surface area contributed by atoms with E-state index in [1.165, 1.54) is 0 Å². The van der Waals surface area contributed by atoms with Crippen molar-refractivity contribution in [2.24, 2.45) is 0 Å². The van der Waals surface area contributed by atoms with Crippen molar-refractivity contribution >= 4 is 23.1 Å². The number of ketones is 1. The van der Waals surface area contributed by atoms with E-state index in [0.717, 1.165) is 28.2 Å². The number of nitrogens with one attached hydrogen (secondary N) is 1. The maximum absolute atomic E-state index is 13.8. The highest BCUT2D eigenvalue weighted by Crippen LogP contribution is 2.48. The summed E-state index contributed by atoms with van der Waals surface area (Å²) in [6.45, 7) is 1.71. The van der Waals surface area contributed by atoms with Gasteiger partial charge in [-0.1, -0.05) is 48.5 Å². The molecule has 2 aliphatic heterocycles. The third kappa shape index (κ3) is 3.34. The number of carbonyl (C=O) groups is 2. The number of benzene rings is 3.